The number of hydrogen-bond acceptors (Lipinski definition) is 4. The zero-order valence-electron chi connectivity index (χ0n) is 9.85. The fraction of sp³-hybridized carbons (Fsp3) is 0.364. The molecule has 0 bridgehead atoms. The predicted molar refractivity (Wildman–Crippen MR) is 65.2 cm³/mol. The lowest BCUT2D eigenvalue weighted by atomic mass is 10.1. The molecule has 0 aliphatic carbocycles. The summed E-state index contributed by atoms with van der Waals surface area (Å²) in [7, 11) is 0. The largest absolute Gasteiger partial charge is 0.480 e. The third-order valence-electron chi connectivity index (χ3n) is 2.19. The van der Waals surface area contributed by atoms with Gasteiger partial charge >= 0.3 is 5.97 Å². The van der Waals surface area contributed by atoms with Crippen molar-refractivity contribution in [3.63, 3.8) is 0 Å². The van der Waals surface area contributed by atoms with Crippen LogP contribution in [0.15, 0.2) is 11.1 Å². The molecule has 0 radical (unpaired) electrons. The first kappa shape index (κ1) is 13.5. The molecule has 6 heteroatoms. The van der Waals surface area contributed by atoms with Crippen LogP contribution in [0.5, 0.6) is 0 Å². The number of primary amides is 1. The second kappa shape index (κ2) is 5.18. The molecule has 1 rings (SSSR count). The Hall–Kier alpha value is -1.56. The average Bonchev–Trinajstić information content (AvgIpc) is 2.14. The Morgan fingerprint density at radius 1 is 1.47 bits per heavy atom. The smallest absolute Gasteiger partial charge is 0.316 e. The lowest BCUT2D eigenvalue weighted by molar-refractivity contribution is -0.136. The van der Waals surface area contributed by atoms with Crippen molar-refractivity contribution in [3.05, 3.63) is 22.9 Å². The zero-order chi connectivity index (χ0) is 13.2. The van der Waals surface area contributed by atoms with Crippen molar-refractivity contribution in [2.75, 3.05) is 0 Å². The van der Waals surface area contributed by atoms with Gasteiger partial charge in [-0.2, -0.15) is 0 Å². The van der Waals surface area contributed by atoms with E-state index in [1.165, 1.54) is 6.92 Å². The summed E-state index contributed by atoms with van der Waals surface area (Å²) in [6.45, 7) is 5.08. The van der Waals surface area contributed by atoms with Crippen LogP contribution >= 0.6 is 11.8 Å². The van der Waals surface area contributed by atoms with Gasteiger partial charge in [-0.1, -0.05) is 11.8 Å². The molecule has 1 heterocycles. The molecule has 0 saturated heterocycles. The topological polar surface area (TPSA) is 93.3 Å². The molecule has 17 heavy (non-hydrogen) atoms. The van der Waals surface area contributed by atoms with Gasteiger partial charge in [0.1, 0.15) is 10.3 Å². The van der Waals surface area contributed by atoms with Crippen LogP contribution in [0.25, 0.3) is 0 Å². The summed E-state index contributed by atoms with van der Waals surface area (Å²) < 4.78 is 0. The first-order chi connectivity index (χ1) is 7.82. The molecule has 92 valence electrons. The number of rotatable bonds is 4. The second-order valence-electron chi connectivity index (χ2n) is 3.72. The van der Waals surface area contributed by atoms with Crippen LogP contribution < -0.4 is 5.73 Å². The number of carboxylic acids is 1. The minimum Gasteiger partial charge on any atom is -0.480 e. The summed E-state index contributed by atoms with van der Waals surface area (Å²) in [5.41, 5.74) is 7.02. The summed E-state index contributed by atoms with van der Waals surface area (Å²) in [5, 5.41) is 8.55. The van der Waals surface area contributed by atoms with E-state index in [2.05, 4.69) is 4.98 Å². The van der Waals surface area contributed by atoms with Crippen molar-refractivity contribution in [1.29, 1.82) is 0 Å². The van der Waals surface area contributed by atoms with Crippen molar-refractivity contribution < 1.29 is 14.7 Å². The minimum atomic E-state index is -0.952. The maximum Gasteiger partial charge on any atom is 0.316 e. The Morgan fingerprint density at radius 2 is 2.06 bits per heavy atom. The highest BCUT2D eigenvalue weighted by atomic mass is 32.2. The van der Waals surface area contributed by atoms with Crippen molar-refractivity contribution in [2.45, 2.75) is 31.0 Å². The van der Waals surface area contributed by atoms with E-state index in [4.69, 9.17) is 10.8 Å². The minimum absolute atomic E-state index is 0.300. The number of aromatic nitrogens is 1. The quantitative estimate of drug-likeness (QED) is 0.791. The van der Waals surface area contributed by atoms with Crippen molar-refractivity contribution in [3.8, 4) is 0 Å². The van der Waals surface area contributed by atoms with Gasteiger partial charge in [0.15, 0.2) is 0 Å². The van der Waals surface area contributed by atoms with Gasteiger partial charge in [-0.15, -0.1) is 0 Å². The Balaban J connectivity index is 3.21. The molecular formula is C11H14N2O3S. The summed E-state index contributed by atoms with van der Waals surface area (Å²) in [4.78, 5) is 26.3. The standard InChI is InChI=1S/C11H14N2O3S/c1-5-4-6(2)13-10(8(5)9(12)14)17-7(3)11(15)16/h4,7H,1-3H3,(H2,12,14)(H,15,16). The van der Waals surface area contributed by atoms with Gasteiger partial charge in [0, 0.05) is 5.69 Å². The number of hydrogen-bond donors (Lipinski definition) is 2. The number of carboxylic acid groups (broad SMARTS) is 1. The van der Waals surface area contributed by atoms with Crippen molar-refractivity contribution in [2.24, 2.45) is 5.73 Å². The average molecular weight is 254 g/mol. The molecular weight excluding hydrogens is 240 g/mol. The van der Waals surface area contributed by atoms with E-state index in [9.17, 15) is 9.59 Å². The van der Waals surface area contributed by atoms with Crippen molar-refractivity contribution >= 4 is 23.6 Å². The summed E-state index contributed by atoms with van der Waals surface area (Å²) in [5.74, 6) is -1.54. The Kier molecular flexibility index (Phi) is 4.11. The number of pyridine rings is 1. The number of carbonyl (C=O) groups is 2. The Morgan fingerprint density at radius 3 is 2.53 bits per heavy atom. The van der Waals surface area contributed by atoms with E-state index >= 15 is 0 Å². The Labute approximate surface area is 103 Å². The van der Waals surface area contributed by atoms with Crippen LogP contribution in [0.3, 0.4) is 0 Å². The van der Waals surface area contributed by atoms with Crippen LogP contribution in [0.4, 0.5) is 0 Å². The van der Waals surface area contributed by atoms with Gasteiger partial charge in [-0.05, 0) is 32.4 Å². The second-order valence-corrected chi connectivity index (χ2v) is 5.05. The molecule has 0 aliphatic rings. The van der Waals surface area contributed by atoms with Gasteiger partial charge in [0.05, 0.1) is 5.56 Å². The molecule has 1 amide bonds. The van der Waals surface area contributed by atoms with Crippen LogP contribution in [0.2, 0.25) is 0 Å². The van der Waals surface area contributed by atoms with E-state index in [0.29, 0.717) is 16.2 Å². The van der Waals surface area contributed by atoms with Crippen molar-refractivity contribution in [1.82, 2.24) is 4.98 Å². The maximum atomic E-state index is 11.3. The fourth-order valence-electron chi connectivity index (χ4n) is 1.41. The van der Waals surface area contributed by atoms with E-state index in [1.807, 2.05) is 0 Å². The highest BCUT2D eigenvalue weighted by molar-refractivity contribution is 8.00. The predicted octanol–water partition coefficient (Wildman–Crippen LogP) is 1.36. The van der Waals surface area contributed by atoms with Crippen LogP contribution in [-0.4, -0.2) is 27.2 Å². The first-order valence-corrected chi connectivity index (χ1v) is 5.88. The van der Waals surface area contributed by atoms with Gasteiger partial charge in [0.2, 0.25) is 0 Å². The van der Waals surface area contributed by atoms with E-state index in [-0.39, 0.29) is 0 Å². The molecule has 0 spiro atoms. The third-order valence-corrected chi connectivity index (χ3v) is 3.27. The zero-order valence-corrected chi connectivity index (χ0v) is 10.7. The highest BCUT2D eigenvalue weighted by Gasteiger charge is 2.20. The summed E-state index contributed by atoms with van der Waals surface area (Å²) in [6, 6.07) is 1.75. The normalized spacial score (nSPS) is 12.2. The van der Waals surface area contributed by atoms with Gasteiger partial charge in [-0.3, -0.25) is 9.59 Å². The number of thioether (sulfide) groups is 1. The number of nitrogens with zero attached hydrogens (tertiary/aromatic N) is 1. The third kappa shape index (κ3) is 3.20. The molecule has 1 aromatic rings. The number of amides is 1. The number of aliphatic carboxylic acids is 1. The van der Waals surface area contributed by atoms with E-state index in [1.54, 1.807) is 19.9 Å². The lowest BCUT2D eigenvalue weighted by Crippen LogP contribution is -2.18. The molecule has 0 fully saturated rings. The number of carbonyl (C=O) groups excluding carboxylic acids is 1. The fourth-order valence-corrected chi connectivity index (χ4v) is 2.42. The number of aryl methyl sites for hydroxylation is 2. The SMILES string of the molecule is Cc1cc(C)c(C(N)=O)c(SC(C)C(=O)O)n1. The molecule has 0 saturated carbocycles. The molecule has 1 aromatic heterocycles. The van der Waals surface area contributed by atoms with Crippen LogP contribution in [-0.2, 0) is 4.79 Å². The maximum absolute atomic E-state index is 11.3. The molecule has 3 N–H and O–H groups in total. The van der Waals surface area contributed by atoms with Gasteiger partial charge < -0.3 is 10.8 Å². The molecule has 5 nitrogen and oxygen atoms in total. The van der Waals surface area contributed by atoms with Crippen LogP contribution in [0.1, 0.15) is 28.5 Å². The van der Waals surface area contributed by atoms with Gasteiger partial charge in [0.25, 0.3) is 5.91 Å². The molecule has 0 aromatic carbocycles. The highest BCUT2D eigenvalue weighted by Crippen LogP contribution is 2.27. The Bertz CT molecular complexity index is 474. The molecule has 0 aliphatic heterocycles. The number of nitrogens with two attached hydrogens (primary N) is 1. The first-order valence-electron chi connectivity index (χ1n) is 5.00. The van der Waals surface area contributed by atoms with Crippen LogP contribution in [0, 0.1) is 13.8 Å². The molecule has 1 unspecified atom stereocenters. The van der Waals surface area contributed by atoms with E-state index in [0.717, 1.165) is 17.5 Å². The molecule has 1 atom stereocenters. The monoisotopic (exact) mass is 254 g/mol. The summed E-state index contributed by atoms with van der Waals surface area (Å²) >= 11 is 1.02. The van der Waals surface area contributed by atoms with E-state index < -0.39 is 17.1 Å². The summed E-state index contributed by atoms with van der Waals surface area (Å²) in [6.07, 6.45) is 0. The lowest BCUT2D eigenvalue weighted by Gasteiger charge is -2.11. The van der Waals surface area contributed by atoms with Gasteiger partial charge in [-0.25, -0.2) is 4.98 Å².